The van der Waals surface area contributed by atoms with E-state index in [1.54, 1.807) is 47.4 Å². The van der Waals surface area contributed by atoms with Gasteiger partial charge in [0.2, 0.25) is 5.75 Å². The number of rotatable bonds is 7. The van der Waals surface area contributed by atoms with Gasteiger partial charge in [0, 0.05) is 23.1 Å². The highest BCUT2D eigenvalue weighted by Gasteiger charge is 2.23. The fourth-order valence-corrected chi connectivity index (χ4v) is 3.50. The van der Waals surface area contributed by atoms with Gasteiger partial charge in [0.05, 0.1) is 34.5 Å². The van der Waals surface area contributed by atoms with E-state index < -0.39 is 5.91 Å². The van der Waals surface area contributed by atoms with Crippen molar-refractivity contribution in [1.82, 2.24) is 10.2 Å². The van der Waals surface area contributed by atoms with Crippen LogP contribution in [0.5, 0.6) is 17.2 Å². The van der Waals surface area contributed by atoms with Crippen LogP contribution >= 0.6 is 15.9 Å². The van der Waals surface area contributed by atoms with Crippen LogP contribution < -0.4 is 19.5 Å². The molecule has 1 aliphatic rings. The van der Waals surface area contributed by atoms with Gasteiger partial charge in [-0.1, -0.05) is 15.9 Å². The van der Waals surface area contributed by atoms with Crippen LogP contribution in [0, 0.1) is 0 Å². The molecule has 0 aliphatic carbocycles. The van der Waals surface area contributed by atoms with E-state index in [2.05, 4.69) is 21.2 Å². The molecular formula is C23H25BrN2O6. The highest BCUT2D eigenvalue weighted by atomic mass is 79.9. The summed E-state index contributed by atoms with van der Waals surface area (Å²) < 4.78 is 22.4. The molecule has 0 aromatic heterocycles. The summed E-state index contributed by atoms with van der Waals surface area (Å²) >= 11 is 3.35. The lowest BCUT2D eigenvalue weighted by atomic mass is 10.1. The van der Waals surface area contributed by atoms with Crippen LogP contribution in [-0.4, -0.2) is 64.3 Å². The van der Waals surface area contributed by atoms with Crippen LogP contribution in [0.4, 0.5) is 0 Å². The van der Waals surface area contributed by atoms with Crippen molar-refractivity contribution < 1.29 is 28.5 Å². The highest BCUT2D eigenvalue weighted by Crippen LogP contribution is 2.38. The number of benzene rings is 2. The molecule has 9 heteroatoms. The predicted octanol–water partition coefficient (Wildman–Crippen LogP) is 3.10. The average Bonchev–Trinajstić information content (AvgIpc) is 2.83. The molecule has 1 fully saturated rings. The standard InChI is InChI=1S/C23H25BrN2O6/c1-29-19-13-15(14-20(30-2)21(19)31-3)12-18(23(28)26-8-10-32-11-9-26)25-22(27)16-4-6-17(24)7-5-16/h4-7,12-14H,8-11H2,1-3H3,(H,25,27). The first-order valence-electron chi connectivity index (χ1n) is 9.92. The van der Waals surface area contributed by atoms with Gasteiger partial charge in [-0.05, 0) is 48.0 Å². The molecule has 170 valence electrons. The van der Waals surface area contributed by atoms with Crippen molar-refractivity contribution in [3.8, 4) is 17.2 Å². The lowest BCUT2D eigenvalue weighted by molar-refractivity contribution is -0.131. The fourth-order valence-electron chi connectivity index (χ4n) is 3.24. The van der Waals surface area contributed by atoms with Crippen LogP contribution in [0.2, 0.25) is 0 Å². The normalized spacial score (nSPS) is 14.0. The van der Waals surface area contributed by atoms with Gasteiger partial charge in [-0.3, -0.25) is 9.59 Å². The number of hydrogen-bond donors (Lipinski definition) is 1. The summed E-state index contributed by atoms with van der Waals surface area (Å²) in [4.78, 5) is 27.8. The topological polar surface area (TPSA) is 86.3 Å². The Labute approximate surface area is 195 Å². The molecule has 0 bridgehead atoms. The monoisotopic (exact) mass is 504 g/mol. The molecule has 1 heterocycles. The predicted molar refractivity (Wildman–Crippen MR) is 123 cm³/mol. The minimum absolute atomic E-state index is 0.133. The molecule has 0 saturated carbocycles. The number of ether oxygens (including phenoxy) is 4. The van der Waals surface area contributed by atoms with Crippen molar-refractivity contribution in [2.75, 3.05) is 47.6 Å². The Morgan fingerprint density at radius 3 is 2.12 bits per heavy atom. The summed E-state index contributed by atoms with van der Waals surface area (Å²) in [5.41, 5.74) is 1.17. The first kappa shape index (κ1) is 23.6. The average molecular weight is 505 g/mol. The van der Waals surface area contributed by atoms with E-state index in [4.69, 9.17) is 18.9 Å². The minimum Gasteiger partial charge on any atom is -0.493 e. The Morgan fingerprint density at radius 1 is 1.00 bits per heavy atom. The van der Waals surface area contributed by atoms with Crippen molar-refractivity contribution in [1.29, 1.82) is 0 Å². The third-order valence-corrected chi connectivity index (χ3v) is 5.41. The third-order valence-electron chi connectivity index (χ3n) is 4.88. The molecule has 0 unspecified atom stereocenters. The lowest BCUT2D eigenvalue weighted by Crippen LogP contribution is -2.44. The van der Waals surface area contributed by atoms with Crippen LogP contribution in [0.1, 0.15) is 15.9 Å². The van der Waals surface area contributed by atoms with E-state index in [9.17, 15) is 9.59 Å². The number of morpholine rings is 1. The molecule has 2 aromatic carbocycles. The summed E-state index contributed by atoms with van der Waals surface area (Å²) in [7, 11) is 4.54. The molecular weight excluding hydrogens is 480 g/mol. The number of carbonyl (C=O) groups is 2. The largest absolute Gasteiger partial charge is 0.493 e. The van der Waals surface area contributed by atoms with Gasteiger partial charge >= 0.3 is 0 Å². The van der Waals surface area contributed by atoms with E-state index in [1.807, 2.05) is 0 Å². The fraction of sp³-hybridized carbons (Fsp3) is 0.304. The maximum absolute atomic E-state index is 13.2. The summed E-state index contributed by atoms with van der Waals surface area (Å²) in [6.45, 7) is 1.78. The number of nitrogens with zero attached hydrogens (tertiary/aromatic N) is 1. The number of amides is 2. The van der Waals surface area contributed by atoms with Crippen LogP contribution in [0.3, 0.4) is 0 Å². The van der Waals surface area contributed by atoms with Crippen molar-refractivity contribution in [2.45, 2.75) is 0 Å². The Morgan fingerprint density at radius 2 is 1.59 bits per heavy atom. The molecule has 0 radical (unpaired) electrons. The number of methoxy groups -OCH3 is 3. The van der Waals surface area contributed by atoms with E-state index >= 15 is 0 Å². The van der Waals surface area contributed by atoms with Crippen molar-refractivity contribution in [2.24, 2.45) is 0 Å². The zero-order valence-electron chi connectivity index (χ0n) is 18.1. The summed E-state index contributed by atoms with van der Waals surface area (Å²) in [5.74, 6) is 0.628. The van der Waals surface area contributed by atoms with Crippen molar-refractivity contribution >= 4 is 33.8 Å². The molecule has 0 atom stereocenters. The van der Waals surface area contributed by atoms with Gasteiger partial charge in [0.25, 0.3) is 11.8 Å². The molecule has 1 N–H and O–H groups in total. The smallest absolute Gasteiger partial charge is 0.270 e. The van der Waals surface area contributed by atoms with Gasteiger partial charge in [-0.15, -0.1) is 0 Å². The summed E-state index contributed by atoms with van der Waals surface area (Å²) in [6, 6.07) is 10.3. The van der Waals surface area contributed by atoms with Gasteiger partial charge in [0.15, 0.2) is 11.5 Å². The Balaban J connectivity index is 1.99. The number of nitrogens with one attached hydrogen (secondary N) is 1. The highest BCUT2D eigenvalue weighted by molar-refractivity contribution is 9.10. The molecule has 1 aliphatic heterocycles. The number of hydrogen-bond acceptors (Lipinski definition) is 6. The van der Waals surface area contributed by atoms with Crippen molar-refractivity contribution in [3.05, 3.63) is 57.7 Å². The molecule has 3 rings (SSSR count). The summed E-state index contributed by atoms with van der Waals surface area (Å²) in [5, 5.41) is 2.76. The van der Waals surface area contributed by atoms with Gasteiger partial charge in [-0.25, -0.2) is 0 Å². The maximum Gasteiger partial charge on any atom is 0.270 e. The SMILES string of the molecule is COc1cc(C=C(NC(=O)c2ccc(Br)cc2)C(=O)N2CCOCC2)cc(OC)c1OC. The van der Waals surface area contributed by atoms with Gasteiger partial charge in [-0.2, -0.15) is 0 Å². The molecule has 0 spiro atoms. The second-order valence-corrected chi connectivity index (χ2v) is 7.80. The van der Waals surface area contributed by atoms with E-state index in [0.29, 0.717) is 54.7 Å². The zero-order valence-corrected chi connectivity index (χ0v) is 19.7. The molecule has 2 aromatic rings. The summed E-state index contributed by atoms with van der Waals surface area (Å²) in [6.07, 6.45) is 1.60. The first-order chi connectivity index (χ1) is 15.5. The van der Waals surface area contributed by atoms with Crippen LogP contribution in [0.25, 0.3) is 6.08 Å². The van der Waals surface area contributed by atoms with Crippen molar-refractivity contribution in [3.63, 3.8) is 0 Å². The van der Waals surface area contributed by atoms with Gasteiger partial charge in [0.1, 0.15) is 5.70 Å². The molecule has 1 saturated heterocycles. The van der Waals surface area contributed by atoms with E-state index in [-0.39, 0.29) is 11.6 Å². The third kappa shape index (κ3) is 5.60. The number of carbonyl (C=O) groups excluding carboxylic acids is 2. The molecule has 32 heavy (non-hydrogen) atoms. The Kier molecular flexibility index (Phi) is 8.13. The maximum atomic E-state index is 13.2. The second-order valence-electron chi connectivity index (χ2n) is 6.88. The second kappa shape index (κ2) is 11.0. The Bertz CT molecular complexity index is 975. The lowest BCUT2D eigenvalue weighted by Gasteiger charge is -2.28. The quantitative estimate of drug-likeness (QED) is 0.583. The molecule has 8 nitrogen and oxygen atoms in total. The van der Waals surface area contributed by atoms with Crippen LogP contribution in [-0.2, 0) is 9.53 Å². The van der Waals surface area contributed by atoms with E-state index in [1.165, 1.54) is 21.3 Å². The van der Waals surface area contributed by atoms with Gasteiger partial charge < -0.3 is 29.2 Å². The van der Waals surface area contributed by atoms with Crippen LogP contribution in [0.15, 0.2) is 46.6 Å². The zero-order chi connectivity index (χ0) is 23.1. The minimum atomic E-state index is -0.391. The number of halogens is 1. The Hall–Kier alpha value is -3.04. The first-order valence-corrected chi connectivity index (χ1v) is 10.7. The molecule has 2 amide bonds. The van der Waals surface area contributed by atoms with E-state index in [0.717, 1.165) is 4.47 Å².